The van der Waals surface area contributed by atoms with Crippen LogP contribution in [0.4, 0.5) is 0 Å². The Hall–Kier alpha value is -0.850. The smallest absolute Gasteiger partial charge is 0.263 e. The third-order valence-electron chi connectivity index (χ3n) is 6.15. The number of thioether (sulfide) groups is 1. The summed E-state index contributed by atoms with van der Waals surface area (Å²) in [6, 6.07) is 0.318. The molecular weight excluding hydrogens is 388 g/mol. The van der Waals surface area contributed by atoms with E-state index in [1.165, 1.54) is 36.1 Å². The molecule has 2 aliphatic rings. The van der Waals surface area contributed by atoms with Gasteiger partial charge in [-0.3, -0.25) is 9.36 Å². The van der Waals surface area contributed by atoms with Crippen molar-refractivity contribution in [2.45, 2.75) is 96.0 Å². The van der Waals surface area contributed by atoms with Crippen LogP contribution in [0.2, 0.25) is 0 Å². The van der Waals surface area contributed by atoms with Gasteiger partial charge in [-0.25, -0.2) is 4.98 Å². The van der Waals surface area contributed by atoms with Gasteiger partial charge >= 0.3 is 0 Å². The summed E-state index contributed by atoms with van der Waals surface area (Å²) in [7, 11) is 0. The molecule has 3 heterocycles. The van der Waals surface area contributed by atoms with Gasteiger partial charge in [0.25, 0.3) is 5.56 Å². The molecule has 2 aromatic heterocycles. The summed E-state index contributed by atoms with van der Waals surface area (Å²) in [6.45, 7) is 7.24. The van der Waals surface area contributed by atoms with Crippen LogP contribution in [0.3, 0.4) is 0 Å². The van der Waals surface area contributed by atoms with E-state index in [-0.39, 0.29) is 11.7 Å². The van der Waals surface area contributed by atoms with Gasteiger partial charge in [0.05, 0.1) is 18.1 Å². The van der Waals surface area contributed by atoms with E-state index in [9.17, 15) is 4.79 Å². The van der Waals surface area contributed by atoms with Crippen LogP contribution in [0.5, 0.6) is 0 Å². The van der Waals surface area contributed by atoms with Crippen LogP contribution >= 0.6 is 23.1 Å². The fourth-order valence-corrected chi connectivity index (χ4v) is 6.73. The van der Waals surface area contributed by atoms with Crippen molar-refractivity contribution in [2.75, 3.05) is 5.75 Å². The molecule has 154 valence electrons. The van der Waals surface area contributed by atoms with Gasteiger partial charge in [-0.15, -0.1) is 11.3 Å². The summed E-state index contributed by atoms with van der Waals surface area (Å²) in [5, 5.41) is 1.83. The molecule has 1 aliphatic carbocycles. The zero-order chi connectivity index (χ0) is 19.7. The second-order valence-corrected chi connectivity index (χ2v) is 10.7. The molecular formula is C22H32N2O2S2. The molecule has 0 amide bonds. The molecule has 1 atom stereocenters. The fourth-order valence-electron chi connectivity index (χ4n) is 4.42. The monoisotopic (exact) mass is 420 g/mol. The maximum atomic E-state index is 13.8. The molecule has 4 nitrogen and oxygen atoms in total. The van der Waals surface area contributed by atoms with Crippen LogP contribution in [0.15, 0.2) is 9.95 Å². The number of fused-ring (bicyclic) bond motifs is 3. The lowest BCUT2D eigenvalue weighted by Gasteiger charge is -2.27. The topological polar surface area (TPSA) is 44.1 Å². The summed E-state index contributed by atoms with van der Waals surface area (Å²) in [4.78, 5) is 20.9. The average Bonchev–Trinajstić information content (AvgIpc) is 3.06. The number of nitrogens with zero attached hydrogens (tertiary/aromatic N) is 2. The lowest BCUT2D eigenvalue weighted by atomic mass is 9.94. The zero-order valence-corrected chi connectivity index (χ0v) is 19.0. The van der Waals surface area contributed by atoms with Gasteiger partial charge in [0.1, 0.15) is 4.83 Å². The molecule has 0 unspecified atom stereocenters. The second-order valence-electron chi connectivity index (χ2n) is 8.54. The minimum absolute atomic E-state index is 0.200. The number of rotatable bonds is 6. The number of hydrogen-bond donors (Lipinski definition) is 0. The Bertz CT molecular complexity index is 881. The maximum Gasteiger partial charge on any atom is 0.263 e. The molecule has 0 N–H and O–H groups in total. The average molecular weight is 421 g/mol. The number of aromatic nitrogens is 2. The summed E-state index contributed by atoms with van der Waals surface area (Å²) >= 11 is 3.45. The van der Waals surface area contributed by atoms with Crippen LogP contribution in [0, 0.1) is 5.92 Å². The Balaban J connectivity index is 1.81. The minimum atomic E-state index is 0.200. The van der Waals surface area contributed by atoms with Gasteiger partial charge in [-0.1, -0.05) is 58.2 Å². The maximum absolute atomic E-state index is 13.8. The van der Waals surface area contributed by atoms with Crippen molar-refractivity contribution in [1.29, 1.82) is 0 Å². The Labute approximate surface area is 176 Å². The highest BCUT2D eigenvalue weighted by atomic mass is 32.2. The summed E-state index contributed by atoms with van der Waals surface area (Å²) in [6.07, 6.45) is 9.33. The molecule has 0 aromatic carbocycles. The van der Waals surface area contributed by atoms with E-state index >= 15 is 0 Å². The molecule has 2 aromatic rings. The van der Waals surface area contributed by atoms with Crippen LogP contribution < -0.4 is 5.56 Å². The van der Waals surface area contributed by atoms with Crippen molar-refractivity contribution in [3.8, 4) is 0 Å². The highest BCUT2D eigenvalue weighted by Crippen LogP contribution is 2.37. The molecule has 1 saturated carbocycles. The molecule has 28 heavy (non-hydrogen) atoms. The molecule has 0 radical (unpaired) electrons. The third-order valence-corrected chi connectivity index (χ3v) is 8.29. The lowest BCUT2D eigenvalue weighted by Crippen LogP contribution is -2.31. The van der Waals surface area contributed by atoms with E-state index in [0.717, 1.165) is 46.8 Å². The van der Waals surface area contributed by atoms with E-state index in [2.05, 4.69) is 25.3 Å². The van der Waals surface area contributed by atoms with Crippen molar-refractivity contribution in [3.63, 3.8) is 0 Å². The van der Waals surface area contributed by atoms with E-state index in [0.29, 0.717) is 18.6 Å². The highest BCUT2D eigenvalue weighted by Gasteiger charge is 2.30. The van der Waals surface area contributed by atoms with Crippen molar-refractivity contribution < 1.29 is 4.74 Å². The molecule has 0 saturated heterocycles. The van der Waals surface area contributed by atoms with Crippen LogP contribution in [-0.2, 0) is 17.8 Å². The Morgan fingerprint density at radius 2 is 2.07 bits per heavy atom. The zero-order valence-electron chi connectivity index (χ0n) is 17.3. The van der Waals surface area contributed by atoms with Gasteiger partial charge in [-0.05, 0) is 30.7 Å². The summed E-state index contributed by atoms with van der Waals surface area (Å²) in [5.74, 6) is 1.49. The molecule has 0 bridgehead atoms. The summed E-state index contributed by atoms with van der Waals surface area (Å²) < 4.78 is 8.14. The van der Waals surface area contributed by atoms with E-state index < -0.39 is 0 Å². The molecule has 6 heteroatoms. The summed E-state index contributed by atoms with van der Waals surface area (Å²) in [5.41, 5.74) is 1.43. The van der Waals surface area contributed by atoms with Gasteiger partial charge < -0.3 is 4.74 Å². The minimum Gasteiger partial charge on any atom is -0.372 e. The van der Waals surface area contributed by atoms with E-state index in [1.54, 1.807) is 23.1 Å². The Morgan fingerprint density at radius 1 is 1.29 bits per heavy atom. The quantitative estimate of drug-likeness (QED) is 0.329. The number of unbranched alkanes of at least 4 members (excludes halogenated alkanes) is 1. The van der Waals surface area contributed by atoms with Crippen LogP contribution in [0.25, 0.3) is 10.2 Å². The highest BCUT2D eigenvalue weighted by molar-refractivity contribution is 7.99. The van der Waals surface area contributed by atoms with Gasteiger partial charge in [0, 0.05) is 23.1 Å². The molecule has 0 spiro atoms. The molecule has 1 aliphatic heterocycles. The normalized spacial score (nSPS) is 20.8. The van der Waals surface area contributed by atoms with Crippen molar-refractivity contribution >= 4 is 33.3 Å². The van der Waals surface area contributed by atoms with E-state index in [4.69, 9.17) is 9.72 Å². The molecule has 1 fully saturated rings. The first-order valence-electron chi connectivity index (χ1n) is 10.9. The van der Waals surface area contributed by atoms with Crippen molar-refractivity contribution in [2.24, 2.45) is 5.92 Å². The Kier molecular flexibility index (Phi) is 6.48. The van der Waals surface area contributed by atoms with E-state index in [1.807, 2.05) is 0 Å². The SMILES string of the molecule is CCCCSc1nc2sc3c(c2c(=O)n1C1CCCCC1)C[C@H](C(C)C)OC3. The Morgan fingerprint density at radius 3 is 2.79 bits per heavy atom. The van der Waals surface area contributed by atoms with Crippen molar-refractivity contribution in [1.82, 2.24) is 9.55 Å². The largest absolute Gasteiger partial charge is 0.372 e. The van der Waals surface area contributed by atoms with Gasteiger partial charge in [0.2, 0.25) is 0 Å². The predicted molar refractivity (Wildman–Crippen MR) is 119 cm³/mol. The number of ether oxygens (including phenoxy) is 1. The number of hydrogen-bond acceptors (Lipinski definition) is 5. The first kappa shape index (κ1) is 20.4. The van der Waals surface area contributed by atoms with Gasteiger partial charge in [0.15, 0.2) is 5.16 Å². The van der Waals surface area contributed by atoms with Gasteiger partial charge in [-0.2, -0.15) is 0 Å². The molecule has 4 rings (SSSR count). The van der Waals surface area contributed by atoms with Crippen molar-refractivity contribution in [3.05, 3.63) is 20.8 Å². The first-order chi connectivity index (χ1) is 13.6. The second kappa shape index (κ2) is 8.88. The third kappa shape index (κ3) is 3.92. The number of thiophene rings is 1. The standard InChI is InChI=1S/C22H32N2O2S2/c1-4-5-11-27-22-23-20-19(21(25)24(22)15-9-7-6-8-10-15)16-12-17(14(2)3)26-13-18(16)28-20/h14-15,17H,4-13H2,1-3H3/t17-/m1/s1. The van der Waals surface area contributed by atoms with Crippen LogP contribution in [-0.4, -0.2) is 21.4 Å². The van der Waals surface area contributed by atoms with Crippen LogP contribution in [0.1, 0.15) is 82.2 Å². The fraction of sp³-hybridized carbons (Fsp3) is 0.727. The lowest BCUT2D eigenvalue weighted by molar-refractivity contribution is 0.00200. The first-order valence-corrected chi connectivity index (χ1v) is 12.7. The predicted octanol–water partition coefficient (Wildman–Crippen LogP) is 5.95.